The second kappa shape index (κ2) is 18.8. The Bertz CT molecular complexity index is 147. The molecule has 0 amide bonds. The topological polar surface area (TPSA) is 76.1 Å². The van der Waals surface area contributed by atoms with Gasteiger partial charge in [0, 0.05) is 13.1 Å². The molecule has 2 atom stereocenters. The van der Waals surface area contributed by atoms with E-state index in [2.05, 4.69) is 38.5 Å². The zero-order valence-corrected chi connectivity index (χ0v) is 14.4. The Kier molecular flexibility index (Phi) is 20.8. The van der Waals surface area contributed by atoms with Crippen molar-refractivity contribution >= 4 is 0 Å². The third-order valence-electron chi connectivity index (χ3n) is 3.94. The molecule has 0 saturated carbocycles. The lowest BCUT2D eigenvalue weighted by atomic mass is 9.98. The van der Waals surface area contributed by atoms with Crippen LogP contribution in [0.5, 0.6) is 0 Å². The first-order valence-electron chi connectivity index (χ1n) is 8.56. The number of hydrazine groups is 2. The molecule has 0 aromatic rings. The van der Waals surface area contributed by atoms with Gasteiger partial charge in [0.2, 0.25) is 0 Å². The molecule has 0 aliphatic carbocycles. The predicted octanol–water partition coefficient (Wildman–Crippen LogP) is 3.33. The van der Waals surface area contributed by atoms with Crippen LogP contribution in [0.4, 0.5) is 0 Å². The van der Waals surface area contributed by atoms with E-state index < -0.39 is 0 Å². The molecule has 0 fully saturated rings. The Balaban J connectivity index is 0. The van der Waals surface area contributed by atoms with E-state index in [0.717, 1.165) is 24.9 Å². The van der Waals surface area contributed by atoms with Crippen molar-refractivity contribution in [3.8, 4) is 0 Å². The van der Waals surface area contributed by atoms with Gasteiger partial charge in [-0.3, -0.25) is 22.5 Å². The summed E-state index contributed by atoms with van der Waals surface area (Å²) >= 11 is 0. The van der Waals surface area contributed by atoms with Crippen LogP contribution >= 0.6 is 0 Å². The fourth-order valence-electron chi connectivity index (χ4n) is 2.50. The van der Waals surface area contributed by atoms with Gasteiger partial charge >= 0.3 is 0 Å². The summed E-state index contributed by atoms with van der Waals surface area (Å²) in [5.41, 5.74) is 5.38. The fourth-order valence-corrected chi connectivity index (χ4v) is 2.50. The molecule has 0 spiro atoms. The minimum atomic E-state index is 0.876. The molecule has 4 heteroatoms. The number of hydrogen-bond acceptors (Lipinski definition) is 4. The predicted molar refractivity (Wildman–Crippen MR) is 91.0 cm³/mol. The molecule has 0 aliphatic rings. The number of hydrogen-bond donors (Lipinski definition) is 4. The van der Waals surface area contributed by atoms with Crippen molar-refractivity contribution < 1.29 is 0 Å². The van der Waals surface area contributed by atoms with E-state index in [1.165, 1.54) is 51.4 Å². The first-order chi connectivity index (χ1) is 9.69. The molecule has 2 unspecified atom stereocenters. The highest BCUT2D eigenvalue weighted by molar-refractivity contribution is 4.57. The first-order valence-corrected chi connectivity index (χ1v) is 8.56. The molecule has 124 valence electrons. The van der Waals surface area contributed by atoms with E-state index in [-0.39, 0.29) is 0 Å². The third kappa shape index (κ3) is 15.9. The second-order valence-corrected chi connectivity index (χ2v) is 5.61. The molecule has 0 aromatic heterocycles. The van der Waals surface area contributed by atoms with Crippen molar-refractivity contribution in [2.45, 2.75) is 79.1 Å². The minimum Gasteiger partial charge on any atom is -0.271 e. The SMILES string of the molecule is CCCC(CC)CC[16NH]N.CCCC(CC)CC[16NH]N. The first kappa shape index (κ1) is 22.1. The monoisotopic (exact) mass is 292 g/mol. The van der Waals surface area contributed by atoms with Gasteiger partial charge in [-0.25, -0.2) is 0 Å². The molecule has 0 aliphatic heterocycles. The Labute approximate surface area is 127 Å². The van der Waals surface area contributed by atoms with Crippen LogP contribution in [0, 0.1) is 11.8 Å². The third-order valence-corrected chi connectivity index (χ3v) is 3.94. The van der Waals surface area contributed by atoms with Crippen molar-refractivity contribution in [3.63, 3.8) is 0 Å². The van der Waals surface area contributed by atoms with E-state index >= 15 is 0 Å². The maximum atomic E-state index is 5.18. The lowest BCUT2D eigenvalue weighted by Crippen LogP contribution is -2.24. The fraction of sp³-hybridized carbons (Fsp3) is 1.00. The summed E-state index contributed by atoms with van der Waals surface area (Å²) < 4.78 is 0. The van der Waals surface area contributed by atoms with Gasteiger partial charge in [0.25, 0.3) is 0 Å². The van der Waals surface area contributed by atoms with E-state index in [0.29, 0.717) is 0 Å². The Morgan fingerprint density at radius 3 is 1.20 bits per heavy atom. The van der Waals surface area contributed by atoms with Gasteiger partial charge in [0.1, 0.15) is 0 Å². The quantitative estimate of drug-likeness (QED) is 0.329. The summed E-state index contributed by atoms with van der Waals surface area (Å²) in [7, 11) is 0. The second-order valence-electron chi connectivity index (χ2n) is 5.61. The van der Waals surface area contributed by atoms with Gasteiger partial charge in [-0.15, -0.1) is 0 Å². The van der Waals surface area contributed by atoms with Crippen LogP contribution in [0.15, 0.2) is 0 Å². The van der Waals surface area contributed by atoms with Crippen molar-refractivity contribution in [2.24, 2.45) is 23.5 Å². The Hall–Kier alpha value is -0.160. The normalized spacial score (nSPS) is 13.5. The molecule has 0 radical (unpaired) electrons. The van der Waals surface area contributed by atoms with Gasteiger partial charge in [-0.2, -0.15) is 0 Å². The van der Waals surface area contributed by atoms with E-state index in [1.54, 1.807) is 0 Å². The number of nitrogens with two attached hydrogens (primary N) is 2. The molecular weight excluding hydrogens is 252 g/mol. The van der Waals surface area contributed by atoms with Crippen LogP contribution in [0.2, 0.25) is 0 Å². The van der Waals surface area contributed by atoms with Gasteiger partial charge in [0.15, 0.2) is 0 Å². The minimum absolute atomic E-state index is 0.876. The van der Waals surface area contributed by atoms with Gasteiger partial charge < -0.3 is 0 Å². The maximum Gasteiger partial charge on any atom is 0.01000 e. The van der Waals surface area contributed by atoms with Crippen LogP contribution < -0.4 is 22.5 Å². The summed E-state index contributed by atoms with van der Waals surface area (Å²) in [6, 6.07) is 0. The van der Waals surface area contributed by atoms with Gasteiger partial charge in [-0.1, -0.05) is 66.2 Å². The van der Waals surface area contributed by atoms with Crippen LogP contribution in [-0.2, 0) is 0 Å². The molecule has 0 bridgehead atoms. The lowest BCUT2D eigenvalue weighted by Gasteiger charge is -2.12. The highest BCUT2D eigenvalue weighted by Gasteiger charge is 2.03. The van der Waals surface area contributed by atoms with Crippen molar-refractivity contribution in [2.75, 3.05) is 13.1 Å². The molecule has 0 heterocycles. The van der Waals surface area contributed by atoms with Crippen LogP contribution in [0.3, 0.4) is 0 Å². The molecule has 20 heavy (non-hydrogen) atoms. The molecule has 0 rings (SSSR count). The molecule has 6 N–H and O–H groups in total. The van der Waals surface area contributed by atoms with Gasteiger partial charge in [-0.05, 0) is 24.7 Å². The highest BCUT2D eigenvalue weighted by Crippen LogP contribution is 2.14. The molecule has 0 aromatic carbocycles. The van der Waals surface area contributed by atoms with Crippen LogP contribution in [-0.4, -0.2) is 13.1 Å². The summed E-state index contributed by atoms with van der Waals surface area (Å²) in [5, 5.41) is 0. The zero-order valence-electron chi connectivity index (χ0n) is 14.4. The van der Waals surface area contributed by atoms with Crippen molar-refractivity contribution in [3.05, 3.63) is 0 Å². The molecular formula is C16H40N4. The highest BCUT2D eigenvalue weighted by atomic mass is 16.6. The van der Waals surface area contributed by atoms with E-state index in [9.17, 15) is 0 Å². The average Bonchev–Trinajstić information content (AvgIpc) is 2.48. The maximum absolute atomic E-state index is 5.18. The number of nitrogens with one attached hydrogen (secondary N) is 2. The smallest absolute Gasteiger partial charge is 0.01000 e. The van der Waals surface area contributed by atoms with Crippen molar-refractivity contribution in [1.29, 1.82) is 0 Å². The molecule has 0 saturated heterocycles. The standard InChI is InChI=1S/2C8H20N2/c2*1-3-5-8(4-2)6-7-10-9/h2*8,10H,3-7,9H2,1-2H3/i2*10+2. The molecule has 4 nitrogen and oxygen atoms in total. The number of rotatable bonds is 12. The summed E-state index contributed by atoms with van der Waals surface area (Å²) in [5.74, 6) is 12.1. The average molecular weight is 293 g/mol. The van der Waals surface area contributed by atoms with Crippen LogP contribution in [0.1, 0.15) is 79.1 Å². The zero-order chi connectivity index (χ0) is 15.6. The van der Waals surface area contributed by atoms with E-state index in [4.69, 9.17) is 11.7 Å². The van der Waals surface area contributed by atoms with Crippen molar-refractivity contribution in [1.82, 2.24) is 10.9 Å². The lowest BCUT2D eigenvalue weighted by molar-refractivity contribution is 0.421. The van der Waals surface area contributed by atoms with E-state index in [1.807, 2.05) is 0 Å². The largest absolute Gasteiger partial charge is 0.271 e. The summed E-state index contributed by atoms with van der Waals surface area (Å²) in [4.78, 5) is 0. The Morgan fingerprint density at radius 1 is 0.650 bits per heavy atom. The Morgan fingerprint density at radius 2 is 1.00 bits per heavy atom. The van der Waals surface area contributed by atoms with Gasteiger partial charge in [0.05, 0.1) is 0 Å². The summed E-state index contributed by atoms with van der Waals surface area (Å²) in [6.07, 6.45) is 10.3. The van der Waals surface area contributed by atoms with Crippen LogP contribution in [0.25, 0.3) is 0 Å². The summed E-state index contributed by atoms with van der Waals surface area (Å²) in [6.45, 7) is 10.9.